The molecule has 1 aliphatic heterocycles. The topological polar surface area (TPSA) is 73.5 Å². The Morgan fingerprint density at radius 1 is 1.21 bits per heavy atom. The van der Waals surface area contributed by atoms with Gasteiger partial charge in [0.15, 0.2) is 0 Å². The van der Waals surface area contributed by atoms with Gasteiger partial charge in [0.2, 0.25) is 11.8 Å². The fourth-order valence-corrected chi connectivity index (χ4v) is 2.91. The van der Waals surface area contributed by atoms with E-state index in [1.165, 1.54) is 6.92 Å². The number of carbonyl (C=O) groups is 2. The maximum atomic E-state index is 12.2. The van der Waals surface area contributed by atoms with E-state index in [1.807, 2.05) is 30.3 Å². The maximum Gasteiger partial charge on any atom is 0.222 e. The molecule has 0 spiro atoms. The van der Waals surface area contributed by atoms with Crippen LogP contribution in [0.3, 0.4) is 0 Å². The first-order valence-corrected chi connectivity index (χ1v) is 8.67. The number of benzene rings is 1. The van der Waals surface area contributed by atoms with Gasteiger partial charge in [0.1, 0.15) is 0 Å². The molecule has 132 valence electrons. The van der Waals surface area contributed by atoms with Crippen molar-refractivity contribution in [2.45, 2.75) is 25.8 Å². The molecule has 2 rings (SSSR count). The van der Waals surface area contributed by atoms with Crippen LogP contribution in [0, 0.1) is 0 Å². The fourth-order valence-electron chi connectivity index (χ4n) is 2.91. The molecule has 1 saturated heterocycles. The number of piperazine rings is 1. The quantitative estimate of drug-likeness (QED) is 0.612. The molecule has 24 heavy (non-hydrogen) atoms. The molecule has 0 radical (unpaired) electrons. The lowest BCUT2D eigenvalue weighted by Crippen LogP contribution is -2.44. The van der Waals surface area contributed by atoms with Crippen LogP contribution in [0.5, 0.6) is 0 Å². The van der Waals surface area contributed by atoms with Gasteiger partial charge in [-0.15, -0.1) is 0 Å². The number of nitrogens with one attached hydrogen (secondary N) is 3. The molecule has 0 bridgehead atoms. The van der Waals surface area contributed by atoms with Crippen molar-refractivity contribution < 1.29 is 9.59 Å². The summed E-state index contributed by atoms with van der Waals surface area (Å²) >= 11 is 0. The monoisotopic (exact) mass is 332 g/mol. The molecule has 1 aromatic rings. The summed E-state index contributed by atoms with van der Waals surface area (Å²) in [6.07, 6.45) is 1.21. The number of carbonyl (C=O) groups excluding carboxylic acids is 2. The zero-order valence-corrected chi connectivity index (χ0v) is 14.4. The first kappa shape index (κ1) is 18.4. The molecule has 0 aliphatic carbocycles. The Labute approximate surface area is 144 Å². The Bertz CT molecular complexity index is 515. The second kappa shape index (κ2) is 10.1. The maximum absolute atomic E-state index is 12.2. The van der Waals surface area contributed by atoms with Crippen LogP contribution < -0.4 is 16.0 Å². The Morgan fingerprint density at radius 3 is 2.58 bits per heavy atom. The van der Waals surface area contributed by atoms with Crippen molar-refractivity contribution >= 4 is 11.8 Å². The van der Waals surface area contributed by atoms with Crippen LogP contribution in [0.4, 0.5) is 0 Å². The third kappa shape index (κ3) is 6.68. The normalized spacial score (nSPS) is 16.4. The summed E-state index contributed by atoms with van der Waals surface area (Å²) in [4.78, 5) is 26.0. The molecule has 2 amide bonds. The molecule has 0 saturated carbocycles. The van der Waals surface area contributed by atoms with Gasteiger partial charge in [0.25, 0.3) is 0 Å². The molecule has 1 aromatic carbocycles. The van der Waals surface area contributed by atoms with E-state index in [0.29, 0.717) is 6.54 Å². The summed E-state index contributed by atoms with van der Waals surface area (Å²) in [6, 6.07) is 9.32. The van der Waals surface area contributed by atoms with Crippen LogP contribution in [0.1, 0.15) is 31.4 Å². The summed E-state index contributed by atoms with van der Waals surface area (Å²) in [5, 5.41) is 9.15. The van der Waals surface area contributed by atoms with E-state index < -0.39 is 0 Å². The molecule has 6 heteroatoms. The van der Waals surface area contributed by atoms with E-state index >= 15 is 0 Å². The van der Waals surface area contributed by atoms with E-state index in [2.05, 4.69) is 20.9 Å². The van der Waals surface area contributed by atoms with Crippen molar-refractivity contribution in [3.05, 3.63) is 35.9 Å². The molecule has 1 aliphatic rings. The van der Waals surface area contributed by atoms with Gasteiger partial charge in [-0.05, 0) is 18.5 Å². The van der Waals surface area contributed by atoms with E-state index in [1.54, 1.807) is 0 Å². The highest BCUT2D eigenvalue weighted by Gasteiger charge is 2.16. The SMILES string of the molecule is CC(=O)NC(CC(=O)NCCCN1CCNCC1)c1ccccc1. The van der Waals surface area contributed by atoms with Crippen molar-refractivity contribution in [2.75, 3.05) is 39.3 Å². The Kier molecular flexibility index (Phi) is 7.71. The fraction of sp³-hybridized carbons (Fsp3) is 0.556. The van der Waals surface area contributed by atoms with Gasteiger partial charge in [-0.3, -0.25) is 9.59 Å². The zero-order valence-electron chi connectivity index (χ0n) is 14.4. The highest BCUT2D eigenvalue weighted by molar-refractivity contribution is 5.79. The van der Waals surface area contributed by atoms with Gasteiger partial charge in [-0.25, -0.2) is 0 Å². The van der Waals surface area contributed by atoms with Crippen molar-refractivity contribution in [3.8, 4) is 0 Å². The second-order valence-corrected chi connectivity index (χ2v) is 6.16. The van der Waals surface area contributed by atoms with Gasteiger partial charge in [0, 0.05) is 39.6 Å². The number of hydrogen-bond donors (Lipinski definition) is 3. The molecule has 3 N–H and O–H groups in total. The first-order chi connectivity index (χ1) is 11.6. The summed E-state index contributed by atoms with van der Waals surface area (Å²) in [5.74, 6) is -0.159. The molecule has 1 fully saturated rings. The van der Waals surface area contributed by atoms with Gasteiger partial charge < -0.3 is 20.9 Å². The molecule has 1 atom stereocenters. The Balaban J connectivity index is 1.72. The number of amides is 2. The summed E-state index contributed by atoms with van der Waals surface area (Å²) in [6.45, 7) is 7.39. The average molecular weight is 332 g/mol. The van der Waals surface area contributed by atoms with Crippen LogP contribution in [0.15, 0.2) is 30.3 Å². The van der Waals surface area contributed by atoms with Crippen molar-refractivity contribution in [2.24, 2.45) is 0 Å². The third-order valence-electron chi connectivity index (χ3n) is 4.15. The lowest BCUT2D eigenvalue weighted by molar-refractivity contribution is -0.122. The summed E-state index contributed by atoms with van der Waals surface area (Å²) in [7, 11) is 0. The second-order valence-electron chi connectivity index (χ2n) is 6.16. The van der Waals surface area contributed by atoms with Crippen LogP contribution in [-0.4, -0.2) is 56.0 Å². The highest BCUT2D eigenvalue weighted by atomic mass is 16.2. The minimum atomic E-state index is -0.281. The minimum absolute atomic E-state index is 0.0297. The molecule has 1 heterocycles. The van der Waals surface area contributed by atoms with E-state index in [9.17, 15) is 9.59 Å². The van der Waals surface area contributed by atoms with Crippen molar-refractivity contribution in [1.29, 1.82) is 0 Å². The summed E-state index contributed by atoms with van der Waals surface area (Å²) in [5.41, 5.74) is 0.948. The zero-order chi connectivity index (χ0) is 17.2. The molecule has 0 aromatic heterocycles. The summed E-state index contributed by atoms with van der Waals surface area (Å²) < 4.78 is 0. The van der Waals surface area contributed by atoms with Gasteiger partial charge in [0.05, 0.1) is 12.5 Å². The van der Waals surface area contributed by atoms with E-state index in [-0.39, 0.29) is 24.3 Å². The Morgan fingerprint density at radius 2 is 1.92 bits per heavy atom. The predicted molar refractivity (Wildman–Crippen MR) is 94.6 cm³/mol. The molecular weight excluding hydrogens is 304 g/mol. The van der Waals surface area contributed by atoms with E-state index in [0.717, 1.165) is 44.7 Å². The van der Waals surface area contributed by atoms with Gasteiger partial charge in [-0.1, -0.05) is 30.3 Å². The number of hydrogen-bond acceptors (Lipinski definition) is 4. The first-order valence-electron chi connectivity index (χ1n) is 8.67. The van der Waals surface area contributed by atoms with Gasteiger partial charge >= 0.3 is 0 Å². The number of rotatable bonds is 8. The largest absolute Gasteiger partial charge is 0.356 e. The highest BCUT2D eigenvalue weighted by Crippen LogP contribution is 2.16. The van der Waals surface area contributed by atoms with Crippen molar-refractivity contribution in [1.82, 2.24) is 20.9 Å². The van der Waals surface area contributed by atoms with Crippen LogP contribution in [0.25, 0.3) is 0 Å². The molecule has 1 unspecified atom stereocenters. The lowest BCUT2D eigenvalue weighted by atomic mass is 10.0. The standard InChI is InChI=1S/C18H28N4O2/c1-15(23)21-17(16-6-3-2-4-7-16)14-18(24)20-8-5-11-22-12-9-19-10-13-22/h2-4,6-7,17,19H,5,8-14H2,1H3,(H,20,24)(H,21,23). The smallest absolute Gasteiger partial charge is 0.222 e. The molecular formula is C18H28N4O2. The van der Waals surface area contributed by atoms with Crippen molar-refractivity contribution in [3.63, 3.8) is 0 Å². The predicted octanol–water partition coefficient (Wildman–Crippen LogP) is 0.665. The minimum Gasteiger partial charge on any atom is -0.356 e. The molecule has 6 nitrogen and oxygen atoms in total. The Hall–Kier alpha value is -1.92. The third-order valence-corrected chi connectivity index (χ3v) is 4.15. The van der Waals surface area contributed by atoms with Crippen LogP contribution in [-0.2, 0) is 9.59 Å². The van der Waals surface area contributed by atoms with E-state index in [4.69, 9.17) is 0 Å². The average Bonchev–Trinajstić information content (AvgIpc) is 2.59. The van der Waals surface area contributed by atoms with Gasteiger partial charge in [-0.2, -0.15) is 0 Å². The number of nitrogens with zero attached hydrogens (tertiary/aromatic N) is 1. The van der Waals surface area contributed by atoms with Crippen LogP contribution >= 0.6 is 0 Å². The van der Waals surface area contributed by atoms with Crippen LogP contribution in [0.2, 0.25) is 0 Å². The lowest BCUT2D eigenvalue weighted by Gasteiger charge is -2.27.